The number of methoxy groups -OCH3 is 2. The molecule has 0 aliphatic rings. The maximum atomic E-state index is 12.6. The van der Waals surface area contributed by atoms with Gasteiger partial charge in [-0.15, -0.1) is 0 Å². The van der Waals surface area contributed by atoms with Gasteiger partial charge in [0.1, 0.15) is 11.5 Å². The molecule has 0 amide bonds. The molecule has 0 aliphatic heterocycles. The van der Waals surface area contributed by atoms with Crippen molar-refractivity contribution >= 4 is 9.84 Å². The number of para-hydroxylation sites is 1. The van der Waals surface area contributed by atoms with E-state index in [0.717, 1.165) is 11.1 Å². The minimum Gasteiger partial charge on any atom is -0.493 e. The Balaban J connectivity index is 1.53. The molecule has 0 spiro atoms. The Morgan fingerprint density at radius 2 is 1.78 bits per heavy atom. The number of benzene rings is 2. The van der Waals surface area contributed by atoms with E-state index in [4.69, 9.17) is 18.4 Å². The quantitative estimate of drug-likeness (QED) is 0.385. The third-order valence-electron chi connectivity index (χ3n) is 4.77. The molecule has 2 heterocycles. The van der Waals surface area contributed by atoms with Crippen LogP contribution in [-0.4, -0.2) is 32.8 Å². The largest absolute Gasteiger partial charge is 0.493 e. The molecule has 8 nitrogen and oxygen atoms in total. The number of aromatic nitrogens is 2. The van der Waals surface area contributed by atoms with E-state index in [2.05, 4.69) is 10.1 Å². The van der Waals surface area contributed by atoms with Crippen LogP contribution in [0, 0.1) is 6.92 Å². The number of hydrogen-bond acceptors (Lipinski definition) is 8. The van der Waals surface area contributed by atoms with Crippen LogP contribution in [-0.2, 0) is 21.3 Å². The molecule has 2 aromatic heterocycles. The van der Waals surface area contributed by atoms with Crippen LogP contribution in [0.25, 0.3) is 23.0 Å². The molecule has 0 radical (unpaired) electrons. The van der Waals surface area contributed by atoms with Gasteiger partial charge in [-0.3, -0.25) is 0 Å². The number of ether oxygens (including phenoxy) is 2. The molecule has 0 saturated carbocycles. The summed E-state index contributed by atoms with van der Waals surface area (Å²) in [4.78, 5) is 4.37. The van der Waals surface area contributed by atoms with Crippen LogP contribution in [0.1, 0.15) is 16.9 Å². The third-order valence-corrected chi connectivity index (χ3v) is 6.27. The van der Waals surface area contributed by atoms with Crippen LogP contribution in [0.2, 0.25) is 0 Å². The maximum Gasteiger partial charge on any atom is 0.293 e. The molecule has 0 bridgehead atoms. The van der Waals surface area contributed by atoms with Crippen LogP contribution in [0.4, 0.5) is 0 Å². The summed E-state index contributed by atoms with van der Waals surface area (Å²) in [6.07, 6.45) is 0. The molecular formula is C23H22N2O6S. The zero-order chi connectivity index (χ0) is 22.7. The summed E-state index contributed by atoms with van der Waals surface area (Å²) in [5, 5.41) is 3.99. The van der Waals surface area contributed by atoms with Gasteiger partial charge in [0.25, 0.3) is 5.89 Å². The van der Waals surface area contributed by atoms with Crippen molar-refractivity contribution in [1.29, 1.82) is 0 Å². The highest BCUT2D eigenvalue weighted by molar-refractivity contribution is 7.89. The second kappa shape index (κ2) is 8.88. The maximum absolute atomic E-state index is 12.6. The van der Waals surface area contributed by atoms with Gasteiger partial charge in [0, 0.05) is 0 Å². The number of hydrogen-bond donors (Lipinski definition) is 0. The van der Waals surface area contributed by atoms with Crippen molar-refractivity contribution in [3.8, 4) is 34.5 Å². The molecule has 0 N–H and O–H groups in total. The molecule has 0 atom stereocenters. The normalized spacial score (nSPS) is 11.5. The fourth-order valence-corrected chi connectivity index (χ4v) is 4.77. The van der Waals surface area contributed by atoms with E-state index in [9.17, 15) is 8.42 Å². The van der Waals surface area contributed by atoms with E-state index >= 15 is 0 Å². The highest BCUT2D eigenvalue weighted by Crippen LogP contribution is 2.37. The van der Waals surface area contributed by atoms with Crippen LogP contribution >= 0.6 is 0 Å². The monoisotopic (exact) mass is 454 g/mol. The van der Waals surface area contributed by atoms with Gasteiger partial charge >= 0.3 is 0 Å². The number of sulfone groups is 1. The fraction of sp³-hybridized carbons (Fsp3) is 0.217. The zero-order valence-corrected chi connectivity index (χ0v) is 18.7. The molecule has 9 heteroatoms. The lowest BCUT2D eigenvalue weighted by Crippen LogP contribution is -2.07. The SMILES string of the molecule is COc1cccc(-c2noc(-c3ccc(CS(=O)(=O)Cc4cccc(C)c4)o3)n2)c1OC. The highest BCUT2D eigenvalue weighted by atomic mass is 32.2. The molecular weight excluding hydrogens is 432 g/mol. The van der Waals surface area contributed by atoms with E-state index < -0.39 is 9.84 Å². The van der Waals surface area contributed by atoms with Crippen molar-refractivity contribution in [2.24, 2.45) is 0 Å². The summed E-state index contributed by atoms with van der Waals surface area (Å²) in [7, 11) is -0.350. The molecule has 166 valence electrons. The van der Waals surface area contributed by atoms with Crippen LogP contribution < -0.4 is 9.47 Å². The van der Waals surface area contributed by atoms with Crippen molar-refractivity contribution in [2.45, 2.75) is 18.4 Å². The van der Waals surface area contributed by atoms with Crippen molar-refractivity contribution < 1.29 is 26.8 Å². The summed E-state index contributed by atoms with van der Waals surface area (Å²) in [5.74, 6) is 1.72. The predicted molar refractivity (Wildman–Crippen MR) is 118 cm³/mol. The van der Waals surface area contributed by atoms with Crippen LogP contribution in [0.5, 0.6) is 11.5 Å². The van der Waals surface area contributed by atoms with Gasteiger partial charge in [0.2, 0.25) is 5.82 Å². The Morgan fingerprint density at radius 3 is 2.53 bits per heavy atom. The summed E-state index contributed by atoms with van der Waals surface area (Å²) < 4.78 is 47.0. The predicted octanol–water partition coefficient (Wildman–Crippen LogP) is 4.44. The average Bonchev–Trinajstić information content (AvgIpc) is 3.42. The first kappa shape index (κ1) is 21.6. The molecule has 0 fully saturated rings. The Kier molecular flexibility index (Phi) is 6.00. The van der Waals surface area contributed by atoms with Gasteiger partial charge < -0.3 is 18.4 Å². The summed E-state index contributed by atoms with van der Waals surface area (Å²) >= 11 is 0. The minimum atomic E-state index is -3.42. The van der Waals surface area contributed by atoms with Gasteiger partial charge in [-0.2, -0.15) is 4.98 Å². The van der Waals surface area contributed by atoms with Crippen molar-refractivity contribution in [2.75, 3.05) is 14.2 Å². The van der Waals surface area contributed by atoms with Crippen LogP contribution in [0.3, 0.4) is 0 Å². The molecule has 4 rings (SSSR count). The van der Waals surface area contributed by atoms with Crippen molar-refractivity contribution in [3.63, 3.8) is 0 Å². The Labute approximate surface area is 185 Å². The molecule has 2 aromatic carbocycles. The minimum absolute atomic E-state index is 0.0644. The lowest BCUT2D eigenvalue weighted by molar-refractivity contribution is 0.355. The number of aryl methyl sites for hydroxylation is 1. The van der Waals surface area contributed by atoms with Gasteiger partial charge in [0.15, 0.2) is 27.1 Å². The topological polar surface area (TPSA) is 105 Å². The van der Waals surface area contributed by atoms with E-state index in [0.29, 0.717) is 28.6 Å². The Morgan fingerprint density at radius 1 is 0.969 bits per heavy atom. The lowest BCUT2D eigenvalue weighted by atomic mass is 10.1. The standard InChI is InChI=1S/C23H22N2O6S/c1-15-6-4-7-16(12-15)13-32(26,27)14-17-10-11-20(30-17)23-24-22(25-31-23)18-8-5-9-19(28-2)21(18)29-3/h4-12H,13-14H2,1-3H3. The van der Waals surface area contributed by atoms with Gasteiger partial charge in [-0.25, -0.2) is 8.42 Å². The van der Waals surface area contributed by atoms with Crippen molar-refractivity contribution in [3.05, 3.63) is 71.5 Å². The smallest absolute Gasteiger partial charge is 0.293 e. The first-order valence-corrected chi connectivity index (χ1v) is 11.6. The van der Waals surface area contributed by atoms with E-state index in [1.54, 1.807) is 43.5 Å². The van der Waals surface area contributed by atoms with Crippen molar-refractivity contribution in [1.82, 2.24) is 10.1 Å². The first-order valence-electron chi connectivity index (χ1n) is 9.78. The molecule has 4 aromatic rings. The van der Waals surface area contributed by atoms with Gasteiger partial charge in [-0.05, 0) is 36.8 Å². The highest BCUT2D eigenvalue weighted by Gasteiger charge is 2.21. The second-order valence-corrected chi connectivity index (χ2v) is 9.32. The average molecular weight is 455 g/mol. The summed E-state index contributed by atoms with van der Waals surface area (Å²) in [5.41, 5.74) is 2.35. The second-order valence-electron chi connectivity index (χ2n) is 7.25. The molecule has 32 heavy (non-hydrogen) atoms. The number of rotatable bonds is 8. The number of furan rings is 1. The molecule has 0 saturated heterocycles. The van der Waals surface area contributed by atoms with Gasteiger partial charge in [0.05, 0.1) is 25.5 Å². The Bertz CT molecular complexity index is 1340. The van der Waals surface area contributed by atoms with Crippen LogP contribution in [0.15, 0.2) is 63.5 Å². The van der Waals surface area contributed by atoms with Gasteiger partial charge in [-0.1, -0.05) is 41.1 Å². The number of nitrogens with zero attached hydrogens (tertiary/aromatic N) is 2. The van der Waals surface area contributed by atoms with E-state index in [1.165, 1.54) is 7.11 Å². The molecule has 0 unspecified atom stereocenters. The fourth-order valence-electron chi connectivity index (χ4n) is 3.39. The summed E-state index contributed by atoms with van der Waals surface area (Å²) in [6.45, 7) is 1.93. The zero-order valence-electron chi connectivity index (χ0n) is 17.9. The molecule has 0 aliphatic carbocycles. The summed E-state index contributed by atoms with van der Waals surface area (Å²) in [6, 6.07) is 16.0. The third kappa shape index (κ3) is 4.67. The lowest BCUT2D eigenvalue weighted by Gasteiger charge is -2.09. The Hall–Kier alpha value is -3.59. The van der Waals surface area contributed by atoms with E-state index in [-0.39, 0.29) is 23.2 Å². The first-order chi connectivity index (χ1) is 15.4. The van der Waals surface area contributed by atoms with E-state index in [1.807, 2.05) is 25.1 Å².